The first-order valence-electron chi connectivity index (χ1n) is 8.26. The van der Waals surface area contributed by atoms with Crippen LogP contribution in [0.4, 0.5) is 10.1 Å². The maximum Gasteiger partial charge on any atom is 0.224 e. The Morgan fingerprint density at radius 1 is 1.30 bits per heavy atom. The first-order chi connectivity index (χ1) is 13.0. The number of carbonyl (C=O) groups is 1. The Bertz CT molecular complexity index is 947. The third-order valence-electron chi connectivity index (χ3n) is 3.71. The molecular formula is C18H17BrFN5O2. The molecule has 3 rings (SSSR count). The molecule has 0 aliphatic heterocycles. The molecule has 9 heteroatoms. The fourth-order valence-electron chi connectivity index (χ4n) is 2.40. The largest absolute Gasteiger partial charge is 0.494 e. The van der Waals surface area contributed by atoms with E-state index >= 15 is 0 Å². The van der Waals surface area contributed by atoms with Gasteiger partial charge in [-0.1, -0.05) is 22.0 Å². The van der Waals surface area contributed by atoms with Gasteiger partial charge in [0, 0.05) is 10.9 Å². The minimum absolute atomic E-state index is 0.0836. The summed E-state index contributed by atoms with van der Waals surface area (Å²) in [5, 5.41) is 13.8. The van der Waals surface area contributed by atoms with Crippen LogP contribution in [0, 0.1) is 12.7 Å². The first-order valence-corrected chi connectivity index (χ1v) is 9.05. The van der Waals surface area contributed by atoms with Crippen LogP contribution in [0.15, 0.2) is 46.9 Å². The number of halogens is 2. The average molecular weight is 434 g/mol. The van der Waals surface area contributed by atoms with Gasteiger partial charge in [-0.05, 0) is 60.2 Å². The molecule has 27 heavy (non-hydrogen) atoms. The second-order valence-corrected chi connectivity index (χ2v) is 6.68. The fraction of sp³-hybridized carbons (Fsp3) is 0.222. The Morgan fingerprint density at radius 3 is 2.89 bits per heavy atom. The molecule has 1 aromatic heterocycles. The van der Waals surface area contributed by atoms with Gasteiger partial charge in [0.2, 0.25) is 5.91 Å². The summed E-state index contributed by atoms with van der Waals surface area (Å²) >= 11 is 3.37. The number of benzene rings is 2. The van der Waals surface area contributed by atoms with Crippen molar-refractivity contribution >= 4 is 27.5 Å². The van der Waals surface area contributed by atoms with Gasteiger partial charge < -0.3 is 10.1 Å². The number of nitrogens with one attached hydrogen (secondary N) is 1. The van der Waals surface area contributed by atoms with E-state index < -0.39 is 5.82 Å². The number of aromatic nitrogens is 4. The lowest BCUT2D eigenvalue weighted by atomic mass is 10.2. The molecule has 0 fully saturated rings. The topological polar surface area (TPSA) is 81.9 Å². The zero-order chi connectivity index (χ0) is 19.2. The molecular weight excluding hydrogens is 417 g/mol. The molecule has 1 amide bonds. The van der Waals surface area contributed by atoms with E-state index in [9.17, 15) is 9.18 Å². The van der Waals surface area contributed by atoms with E-state index in [1.165, 1.54) is 16.8 Å². The van der Waals surface area contributed by atoms with Gasteiger partial charge in [-0.15, -0.1) is 5.10 Å². The molecule has 0 aliphatic rings. The monoisotopic (exact) mass is 433 g/mol. The molecule has 7 nitrogen and oxygen atoms in total. The van der Waals surface area contributed by atoms with Gasteiger partial charge >= 0.3 is 0 Å². The molecule has 140 valence electrons. The molecule has 3 aromatic rings. The van der Waals surface area contributed by atoms with Gasteiger partial charge in [0.15, 0.2) is 5.82 Å². The molecule has 1 heterocycles. The van der Waals surface area contributed by atoms with E-state index in [4.69, 9.17) is 4.74 Å². The maximum atomic E-state index is 14.0. The molecule has 0 spiro atoms. The van der Waals surface area contributed by atoms with Crippen molar-refractivity contribution in [3.8, 4) is 11.4 Å². The van der Waals surface area contributed by atoms with Crippen LogP contribution in [0.1, 0.15) is 18.7 Å². The van der Waals surface area contributed by atoms with Crippen LogP contribution in [-0.4, -0.2) is 32.7 Å². The van der Waals surface area contributed by atoms with E-state index in [1.54, 1.807) is 13.0 Å². The van der Waals surface area contributed by atoms with Crippen LogP contribution in [0.2, 0.25) is 0 Å². The fourth-order valence-corrected chi connectivity index (χ4v) is 2.78. The van der Waals surface area contributed by atoms with Crippen molar-refractivity contribution in [1.29, 1.82) is 0 Å². The predicted octanol–water partition coefficient (Wildman–Crippen LogP) is 3.67. The lowest BCUT2D eigenvalue weighted by Gasteiger charge is -2.10. The number of hydrogen-bond acceptors (Lipinski definition) is 5. The van der Waals surface area contributed by atoms with Crippen molar-refractivity contribution < 1.29 is 13.9 Å². The molecule has 1 N–H and O–H groups in total. The highest BCUT2D eigenvalue weighted by Gasteiger charge is 2.11. The number of carbonyl (C=O) groups excluding carboxylic acids is 1. The second-order valence-electron chi connectivity index (χ2n) is 5.76. The minimum atomic E-state index is -0.525. The third-order valence-corrected chi connectivity index (χ3v) is 4.20. The summed E-state index contributed by atoms with van der Waals surface area (Å²) in [6, 6.07) is 11.8. The molecule has 0 bridgehead atoms. The maximum absolute atomic E-state index is 14.0. The zero-order valence-electron chi connectivity index (χ0n) is 14.5. The van der Waals surface area contributed by atoms with Crippen LogP contribution >= 0.6 is 15.9 Å². The molecule has 0 aliphatic carbocycles. The van der Waals surface area contributed by atoms with E-state index in [1.807, 2.05) is 24.3 Å². The van der Waals surface area contributed by atoms with Crippen molar-refractivity contribution in [2.45, 2.75) is 19.8 Å². The smallest absolute Gasteiger partial charge is 0.224 e. The highest BCUT2D eigenvalue weighted by Crippen LogP contribution is 2.20. The zero-order valence-corrected chi connectivity index (χ0v) is 16.1. The van der Waals surface area contributed by atoms with Gasteiger partial charge in [-0.2, -0.15) is 4.68 Å². The summed E-state index contributed by atoms with van der Waals surface area (Å²) in [6.07, 6.45) is 0.716. The molecule has 0 saturated carbocycles. The Morgan fingerprint density at radius 2 is 2.15 bits per heavy atom. The van der Waals surface area contributed by atoms with Gasteiger partial charge in [-0.25, -0.2) is 4.39 Å². The van der Waals surface area contributed by atoms with E-state index in [0.29, 0.717) is 24.5 Å². The summed E-state index contributed by atoms with van der Waals surface area (Å²) in [5.41, 5.74) is 0.646. The lowest BCUT2D eigenvalue weighted by Crippen LogP contribution is -2.14. The third kappa shape index (κ3) is 5.10. The Labute approximate surface area is 163 Å². The minimum Gasteiger partial charge on any atom is -0.494 e. The number of anilines is 1. The van der Waals surface area contributed by atoms with Crippen molar-refractivity contribution in [1.82, 2.24) is 20.2 Å². The standard InChI is InChI=1S/C18H17BrFN5O2/c1-12-22-23-24-25(12)14-7-8-16(20)17(11-14)21-18(26)6-3-9-27-15-5-2-4-13(19)10-15/h2,4-5,7-8,10-11H,3,6,9H2,1H3,(H,21,26). The summed E-state index contributed by atoms with van der Waals surface area (Å²) in [6.45, 7) is 2.11. The van der Waals surface area contributed by atoms with Crippen LogP contribution in [0.5, 0.6) is 5.75 Å². The Hall–Kier alpha value is -2.81. The summed E-state index contributed by atoms with van der Waals surface area (Å²) in [4.78, 5) is 12.1. The van der Waals surface area contributed by atoms with Crippen molar-refractivity contribution in [2.75, 3.05) is 11.9 Å². The van der Waals surface area contributed by atoms with E-state index in [-0.39, 0.29) is 18.0 Å². The predicted molar refractivity (Wildman–Crippen MR) is 101 cm³/mol. The van der Waals surface area contributed by atoms with Gasteiger partial charge in [0.25, 0.3) is 0 Å². The summed E-state index contributed by atoms with van der Waals surface area (Å²) in [5.74, 6) is 0.462. The second kappa shape index (κ2) is 8.72. The summed E-state index contributed by atoms with van der Waals surface area (Å²) < 4.78 is 22.0. The van der Waals surface area contributed by atoms with Crippen LogP contribution in [0.3, 0.4) is 0 Å². The molecule has 0 saturated heterocycles. The lowest BCUT2D eigenvalue weighted by molar-refractivity contribution is -0.116. The van der Waals surface area contributed by atoms with Crippen LogP contribution in [-0.2, 0) is 4.79 Å². The highest BCUT2D eigenvalue weighted by atomic mass is 79.9. The highest BCUT2D eigenvalue weighted by molar-refractivity contribution is 9.10. The molecule has 0 atom stereocenters. The van der Waals surface area contributed by atoms with Crippen molar-refractivity contribution in [2.24, 2.45) is 0 Å². The van der Waals surface area contributed by atoms with Crippen LogP contribution < -0.4 is 10.1 Å². The average Bonchev–Trinajstić information content (AvgIpc) is 3.07. The Balaban J connectivity index is 1.54. The Kier molecular flexibility index (Phi) is 6.12. The SMILES string of the molecule is Cc1nnnn1-c1ccc(F)c(NC(=O)CCCOc2cccc(Br)c2)c1. The van der Waals surface area contributed by atoms with Gasteiger partial charge in [-0.3, -0.25) is 4.79 Å². The van der Waals surface area contributed by atoms with Crippen molar-refractivity contribution in [3.05, 3.63) is 58.6 Å². The number of hydrogen-bond donors (Lipinski definition) is 1. The van der Waals surface area contributed by atoms with Gasteiger partial charge in [0.05, 0.1) is 18.0 Å². The molecule has 2 aromatic carbocycles. The normalized spacial score (nSPS) is 10.6. The quantitative estimate of drug-likeness (QED) is 0.574. The number of aryl methyl sites for hydroxylation is 1. The van der Waals surface area contributed by atoms with Crippen LogP contribution in [0.25, 0.3) is 5.69 Å². The number of nitrogens with zero attached hydrogens (tertiary/aromatic N) is 4. The number of ether oxygens (including phenoxy) is 1. The van der Waals surface area contributed by atoms with E-state index in [0.717, 1.165) is 10.2 Å². The van der Waals surface area contributed by atoms with Crippen molar-refractivity contribution in [3.63, 3.8) is 0 Å². The summed E-state index contributed by atoms with van der Waals surface area (Å²) in [7, 11) is 0. The first kappa shape index (κ1) is 19.0. The number of rotatable bonds is 7. The number of tetrazole rings is 1. The van der Waals surface area contributed by atoms with E-state index in [2.05, 4.69) is 36.8 Å². The number of amides is 1. The molecule has 0 unspecified atom stereocenters. The van der Waals surface area contributed by atoms with Gasteiger partial charge in [0.1, 0.15) is 11.6 Å². The molecule has 0 radical (unpaired) electrons.